The first-order valence-electron chi connectivity index (χ1n) is 6.49. The van der Waals surface area contributed by atoms with Gasteiger partial charge in [-0.25, -0.2) is 0 Å². The maximum atomic E-state index is 5.60. The minimum absolute atomic E-state index is 0.455. The number of ether oxygens (including phenoxy) is 1. The van der Waals surface area contributed by atoms with Crippen molar-refractivity contribution in [2.75, 3.05) is 24.7 Å². The molecule has 0 amide bonds. The van der Waals surface area contributed by atoms with Crippen LogP contribution in [-0.2, 0) is 4.74 Å². The highest BCUT2D eigenvalue weighted by atomic mass is 32.2. The smallest absolute Gasteiger partial charge is 0.0588 e. The third-order valence-electron chi connectivity index (χ3n) is 3.81. The van der Waals surface area contributed by atoms with E-state index in [-0.39, 0.29) is 0 Å². The van der Waals surface area contributed by atoms with Crippen LogP contribution in [0, 0.1) is 11.3 Å². The second-order valence-corrected chi connectivity index (χ2v) is 7.14. The van der Waals surface area contributed by atoms with E-state index in [1.165, 1.54) is 24.3 Å². The van der Waals surface area contributed by atoms with Crippen molar-refractivity contribution in [3.05, 3.63) is 0 Å². The normalized spacial score (nSPS) is 38.8. The van der Waals surface area contributed by atoms with Crippen LogP contribution in [0.2, 0.25) is 0 Å². The van der Waals surface area contributed by atoms with E-state index in [4.69, 9.17) is 4.74 Å². The summed E-state index contributed by atoms with van der Waals surface area (Å²) >= 11 is 2.10. The third-order valence-corrected chi connectivity index (χ3v) is 5.44. The summed E-state index contributed by atoms with van der Waals surface area (Å²) in [5, 5.41) is 3.75. The molecule has 2 rings (SSSR count). The predicted octanol–water partition coefficient (Wildman–Crippen LogP) is 2.53. The first-order chi connectivity index (χ1) is 7.57. The lowest BCUT2D eigenvalue weighted by molar-refractivity contribution is 0.104. The Labute approximate surface area is 104 Å². The molecule has 0 aromatic carbocycles. The first kappa shape index (κ1) is 12.7. The Bertz CT molecular complexity index is 232. The Morgan fingerprint density at radius 1 is 1.44 bits per heavy atom. The van der Waals surface area contributed by atoms with E-state index in [0.717, 1.165) is 19.1 Å². The van der Waals surface area contributed by atoms with E-state index in [2.05, 4.69) is 37.8 Å². The average molecular weight is 243 g/mol. The molecule has 2 aliphatic rings. The molecule has 2 aliphatic heterocycles. The Morgan fingerprint density at radius 2 is 2.25 bits per heavy atom. The van der Waals surface area contributed by atoms with Gasteiger partial charge in [0.2, 0.25) is 0 Å². The molecule has 3 unspecified atom stereocenters. The van der Waals surface area contributed by atoms with Crippen molar-refractivity contribution in [2.24, 2.45) is 11.3 Å². The highest BCUT2D eigenvalue weighted by Crippen LogP contribution is 2.33. The van der Waals surface area contributed by atoms with Crippen LogP contribution in [-0.4, -0.2) is 36.8 Å². The number of thioether (sulfide) groups is 1. The monoisotopic (exact) mass is 243 g/mol. The summed E-state index contributed by atoms with van der Waals surface area (Å²) in [6, 6.07) is 0.710. The molecule has 0 bridgehead atoms. The fraction of sp³-hybridized carbons (Fsp3) is 1.00. The van der Waals surface area contributed by atoms with Crippen LogP contribution < -0.4 is 5.32 Å². The fourth-order valence-electron chi connectivity index (χ4n) is 2.76. The minimum atomic E-state index is 0.455. The molecule has 2 nitrogen and oxygen atoms in total. The van der Waals surface area contributed by atoms with Crippen LogP contribution in [0.4, 0.5) is 0 Å². The Hall–Kier alpha value is 0.270. The highest BCUT2D eigenvalue weighted by molar-refractivity contribution is 7.99. The average Bonchev–Trinajstić information content (AvgIpc) is 2.60. The van der Waals surface area contributed by atoms with E-state index in [1.807, 2.05) is 0 Å². The zero-order valence-corrected chi connectivity index (χ0v) is 11.6. The second kappa shape index (κ2) is 5.28. The van der Waals surface area contributed by atoms with Gasteiger partial charge in [0, 0.05) is 24.9 Å². The molecule has 3 heteroatoms. The van der Waals surface area contributed by atoms with Crippen LogP contribution in [0.5, 0.6) is 0 Å². The molecule has 16 heavy (non-hydrogen) atoms. The van der Waals surface area contributed by atoms with Gasteiger partial charge in [-0.3, -0.25) is 0 Å². The van der Waals surface area contributed by atoms with Crippen LogP contribution >= 0.6 is 11.8 Å². The van der Waals surface area contributed by atoms with Crippen LogP contribution in [0.1, 0.15) is 33.6 Å². The first-order valence-corrected chi connectivity index (χ1v) is 7.65. The molecule has 0 aliphatic carbocycles. The summed E-state index contributed by atoms with van der Waals surface area (Å²) in [5.41, 5.74) is 0.512. The summed E-state index contributed by atoms with van der Waals surface area (Å²) in [6.07, 6.45) is 3.01. The van der Waals surface area contributed by atoms with Gasteiger partial charge in [-0.05, 0) is 36.9 Å². The number of hydrogen-bond donors (Lipinski definition) is 1. The topological polar surface area (TPSA) is 21.3 Å². The Morgan fingerprint density at radius 3 is 2.88 bits per heavy atom. The number of hydrogen-bond acceptors (Lipinski definition) is 3. The van der Waals surface area contributed by atoms with Crippen molar-refractivity contribution in [2.45, 2.75) is 45.8 Å². The highest BCUT2D eigenvalue weighted by Gasteiger charge is 2.30. The SMILES string of the molecule is CC1OCCC1CNC1CSCC(C)(C)C1. The molecular weight excluding hydrogens is 218 g/mol. The lowest BCUT2D eigenvalue weighted by atomic mass is 9.87. The number of nitrogens with one attached hydrogen (secondary N) is 1. The molecule has 94 valence electrons. The lowest BCUT2D eigenvalue weighted by Crippen LogP contribution is -2.43. The standard InChI is InChI=1S/C13H25NOS/c1-10-11(4-5-15-10)7-14-12-6-13(2,3)9-16-8-12/h10-12,14H,4-9H2,1-3H3. The summed E-state index contributed by atoms with van der Waals surface area (Å²) < 4.78 is 5.60. The molecule has 2 saturated heterocycles. The molecule has 3 atom stereocenters. The largest absolute Gasteiger partial charge is 0.378 e. The summed E-state index contributed by atoms with van der Waals surface area (Å²) in [6.45, 7) is 9.07. The fourth-order valence-corrected chi connectivity index (χ4v) is 4.06. The van der Waals surface area contributed by atoms with E-state index in [1.54, 1.807) is 0 Å². The third kappa shape index (κ3) is 3.38. The van der Waals surface area contributed by atoms with E-state index < -0.39 is 0 Å². The van der Waals surface area contributed by atoms with Gasteiger partial charge in [-0.15, -0.1) is 0 Å². The van der Waals surface area contributed by atoms with E-state index in [9.17, 15) is 0 Å². The summed E-state index contributed by atoms with van der Waals surface area (Å²) in [4.78, 5) is 0. The molecule has 2 heterocycles. The maximum absolute atomic E-state index is 5.60. The Kier molecular flexibility index (Phi) is 4.20. The maximum Gasteiger partial charge on any atom is 0.0588 e. The van der Waals surface area contributed by atoms with Gasteiger partial charge in [0.15, 0.2) is 0 Å². The van der Waals surface area contributed by atoms with Crippen molar-refractivity contribution in [3.63, 3.8) is 0 Å². The van der Waals surface area contributed by atoms with Crippen molar-refractivity contribution in [3.8, 4) is 0 Å². The zero-order valence-electron chi connectivity index (χ0n) is 10.8. The van der Waals surface area contributed by atoms with E-state index >= 15 is 0 Å². The molecule has 0 aromatic rings. The molecule has 0 radical (unpaired) electrons. The van der Waals surface area contributed by atoms with Gasteiger partial charge >= 0.3 is 0 Å². The van der Waals surface area contributed by atoms with E-state index in [0.29, 0.717) is 17.6 Å². The van der Waals surface area contributed by atoms with Crippen LogP contribution in [0.3, 0.4) is 0 Å². The van der Waals surface area contributed by atoms with Gasteiger partial charge in [-0.1, -0.05) is 13.8 Å². The lowest BCUT2D eigenvalue weighted by Gasteiger charge is -2.35. The second-order valence-electron chi connectivity index (χ2n) is 6.11. The zero-order chi connectivity index (χ0) is 11.6. The van der Waals surface area contributed by atoms with Gasteiger partial charge < -0.3 is 10.1 Å². The Balaban J connectivity index is 1.73. The minimum Gasteiger partial charge on any atom is -0.378 e. The van der Waals surface area contributed by atoms with Crippen molar-refractivity contribution < 1.29 is 4.74 Å². The molecular formula is C13H25NOS. The van der Waals surface area contributed by atoms with Crippen molar-refractivity contribution in [1.29, 1.82) is 0 Å². The quantitative estimate of drug-likeness (QED) is 0.823. The molecule has 1 N–H and O–H groups in total. The summed E-state index contributed by atoms with van der Waals surface area (Å²) in [5.74, 6) is 3.33. The van der Waals surface area contributed by atoms with Gasteiger partial charge in [0.05, 0.1) is 6.10 Å². The number of rotatable bonds is 3. The van der Waals surface area contributed by atoms with Crippen molar-refractivity contribution in [1.82, 2.24) is 5.32 Å². The van der Waals surface area contributed by atoms with Crippen molar-refractivity contribution >= 4 is 11.8 Å². The van der Waals surface area contributed by atoms with Gasteiger partial charge in [-0.2, -0.15) is 11.8 Å². The molecule has 0 saturated carbocycles. The summed E-state index contributed by atoms with van der Waals surface area (Å²) in [7, 11) is 0. The molecule has 0 aromatic heterocycles. The van der Waals surface area contributed by atoms with Gasteiger partial charge in [0.25, 0.3) is 0 Å². The van der Waals surface area contributed by atoms with Crippen LogP contribution in [0.25, 0.3) is 0 Å². The van der Waals surface area contributed by atoms with Gasteiger partial charge in [0.1, 0.15) is 0 Å². The molecule has 0 spiro atoms. The predicted molar refractivity (Wildman–Crippen MR) is 71.0 cm³/mol. The molecule has 2 fully saturated rings. The van der Waals surface area contributed by atoms with Crippen LogP contribution in [0.15, 0.2) is 0 Å².